The van der Waals surface area contributed by atoms with E-state index >= 15 is 0 Å². The highest BCUT2D eigenvalue weighted by Crippen LogP contribution is 2.15. The second-order valence-electron chi connectivity index (χ2n) is 16.5. The molecule has 0 unspecified atom stereocenters. The molecule has 0 saturated carbocycles. The van der Waals surface area contributed by atoms with Crippen molar-refractivity contribution in [2.24, 2.45) is 0 Å². The number of hydrogen-bond donors (Lipinski definition) is 0. The Morgan fingerprint density at radius 1 is 0.400 bits per heavy atom. The number of unbranched alkanes of at least 4 members (excludes halogenated alkanes) is 27. The van der Waals surface area contributed by atoms with E-state index < -0.39 is 10.4 Å². The number of nitrogens with zero attached hydrogens (tertiary/aromatic N) is 2. The first kappa shape index (κ1) is 56.8. The molecular weight excluding hydrogens is 664 g/mol. The van der Waals surface area contributed by atoms with Gasteiger partial charge in [0.15, 0.2) is 0 Å². The van der Waals surface area contributed by atoms with Crippen molar-refractivity contribution in [3.05, 3.63) is 0 Å². The third-order valence-electron chi connectivity index (χ3n) is 9.62. The fourth-order valence-corrected chi connectivity index (χ4v) is 6.24. The summed E-state index contributed by atoms with van der Waals surface area (Å²) < 4.78 is 33.4. The highest BCUT2D eigenvalue weighted by atomic mass is 35.5. The Labute approximate surface area is 323 Å². The first-order chi connectivity index (χ1) is 23.2. The molecule has 0 aromatic rings. The van der Waals surface area contributed by atoms with Crippen LogP contribution in [0.25, 0.3) is 0 Å². The molecule has 8 heteroatoms. The van der Waals surface area contributed by atoms with E-state index in [0.717, 1.165) is 11.6 Å². The minimum atomic E-state index is -4.41. The molecule has 6 nitrogen and oxygen atoms in total. The fourth-order valence-electron chi connectivity index (χ4n) is 6.24. The summed E-state index contributed by atoms with van der Waals surface area (Å²) in [7, 11) is 8.14. The Morgan fingerprint density at radius 3 is 0.760 bits per heavy atom. The predicted molar refractivity (Wildman–Crippen MR) is 217 cm³/mol. The molecule has 50 heavy (non-hydrogen) atoms. The van der Waals surface area contributed by atoms with Crippen molar-refractivity contribution in [2.75, 3.05) is 62.0 Å². The highest BCUT2D eigenvalue weighted by Gasteiger charge is 2.13. The molecule has 0 radical (unpaired) electrons. The minimum Gasteiger partial charge on any atom is -1.00 e. The summed E-state index contributed by atoms with van der Waals surface area (Å²) in [6, 6.07) is 0. The molecule has 0 aromatic carbocycles. The van der Waals surface area contributed by atoms with Gasteiger partial charge >= 0.3 is 0 Å². The Balaban J connectivity index is -0.000000388. The molecule has 0 fully saturated rings. The third kappa shape index (κ3) is 60.2. The number of rotatable bonds is 34. The van der Waals surface area contributed by atoms with Gasteiger partial charge in [-0.2, -0.15) is 0 Å². The summed E-state index contributed by atoms with van der Waals surface area (Å²) in [5.41, 5.74) is 0. The first-order valence-corrected chi connectivity index (χ1v) is 22.7. The van der Waals surface area contributed by atoms with Crippen LogP contribution in [-0.2, 0) is 14.6 Å². The van der Waals surface area contributed by atoms with E-state index in [1.54, 1.807) is 0 Å². The van der Waals surface area contributed by atoms with Crippen molar-refractivity contribution < 1.29 is 38.5 Å². The standard InChI is InChI=1S/C26H56N.C15H34N.CH4O4S.ClH/c1-5-7-9-11-13-15-17-19-21-23-25-27(3,4)26-24-22-20-18-16-14-12-10-8-6-2;1-5-6-7-8-9-10-11-12-13-14-15-16(2,3)4;1-5-6(2,3)4;/h5-26H2,1-4H3;5-15H2,1-4H3;1H3,(H,2,3,4);1H/q2*+1;;/p-2. The summed E-state index contributed by atoms with van der Waals surface area (Å²) >= 11 is 0. The molecule has 0 atom stereocenters. The van der Waals surface area contributed by atoms with Gasteiger partial charge in [0.05, 0.1) is 62.0 Å². The number of quaternary nitrogens is 2. The van der Waals surface area contributed by atoms with Crippen LogP contribution in [0.1, 0.15) is 213 Å². The largest absolute Gasteiger partial charge is 1.00 e. The molecule has 0 aliphatic heterocycles. The van der Waals surface area contributed by atoms with E-state index in [-0.39, 0.29) is 12.4 Å². The third-order valence-corrected chi connectivity index (χ3v) is 10.0. The van der Waals surface area contributed by atoms with Gasteiger partial charge in [0.2, 0.25) is 10.4 Å². The van der Waals surface area contributed by atoms with E-state index in [9.17, 15) is 13.0 Å². The lowest BCUT2D eigenvalue weighted by Gasteiger charge is -2.30. The molecule has 0 aliphatic rings. The number of hydrogen-bond acceptors (Lipinski definition) is 4. The molecule has 0 saturated heterocycles. The zero-order valence-corrected chi connectivity index (χ0v) is 37.2. The SMILES string of the molecule is CCCCCCCCCCCC[N+](C)(C)C.CCCCCCCCCCCC[N+](C)(C)CCCCCCCCCCCC.COS(=O)(=O)[O-].[Cl-]. The fraction of sp³-hybridized carbons (Fsp3) is 1.00. The maximum Gasteiger partial charge on any atom is 0.217 e. The second-order valence-corrected chi connectivity index (χ2v) is 17.7. The monoisotopic (exact) mass is 757 g/mol. The van der Waals surface area contributed by atoms with Crippen LogP contribution in [0.4, 0.5) is 0 Å². The smallest absolute Gasteiger partial charge is 0.217 e. The average Bonchev–Trinajstić information content (AvgIpc) is 3.03. The Hall–Kier alpha value is 0.0800. The molecule has 0 N–H and O–H groups in total. The van der Waals surface area contributed by atoms with E-state index in [2.05, 4.69) is 60.2 Å². The maximum atomic E-state index is 9.22. The Morgan fingerprint density at radius 2 is 0.580 bits per heavy atom. The van der Waals surface area contributed by atoms with Crippen LogP contribution in [-0.4, -0.2) is 83.9 Å². The Bertz CT molecular complexity index is 704. The van der Waals surface area contributed by atoms with Gasteiger partial charge in [-0.15, -0.1) is 0 Å². The van der Waals surface area contributed by atoms with Crippen molar-refractivity contribution in [2.45, 2.75) is 213 Å². The van der Waals surface area contributed by atoms with Crippen LogP contribution in [0.2, 0.25) is 0 Å². The quantitative estimate of drug-likeness (QED) is 0.0284. The van der Waals surface area contributed by atoms with Crippen LogP contribution >= 0.6 is 0 Å². The Kier molecular flexibility index (Phi) is 47.5. The summed E-state index contributed by atoms with van der Waals surface area (Å²) in [6.45, 7) is 11.0. The molecule has 0 bridgehead atoms. The van der Waals surface area contributed by atoms with Gasteiger partial charge in [0.25, 0.3) is 0 Å². The van der Waals surface area contributed by atoms with Gasteiger partial charge in [-0.3, -0.25) is 4.18 Å². The van der Waals surface area contributed by atoms with Crippen LogP contribution in [0, 0.1) is 0 Å². The topological polar surface area (TPSA) is 66.4 Å². The molecule has 0 aromatic heterocycles. The zero-order valence-electron chi connectivity index (χ0n) is 35.6. The lowest BCUT2D eigenvalue weighted by molar-refractivity contribution is -0.890. The van der Waals surface area contributed by atoms with Gasteiger partial charge < -0.3 is 25.9 Å². The van der Waals surface area contributed by atoms with Crippen molar-refractivity contribution in [3.8, 4) is 0 Å². The maximum absolute atomic E-state index is 9.22. The average molecular weight is 758 g/mol. The normalized spacial score (nSPS) is 11.7. The summed E-state index contributed by atoms with van der Waals surface area (Å²) in [5, 5.41) is 0. The highest BCUT2D eigenvalue weighted by molar-refractivity contribution is 7.80. The van der Waals surface area contributed by atoms with Gasteiger partial charge in [-0.25, -0.2) is 8.42 Å². The van der Waals surface area contributed by atoms with E-state index in [1.807, 2.05) is 0 Å². The van der Waals surface area contributed by atoms with E-state index in [4.69, 9.17) is 0 Å². The molecule has 0 spiro atoms. The summed E-state index contributed by atoms with van der Waals surface area (Å²) in [4.78, 5) is 0. The lowest BCUT2D eigenvalue weighted by atomic mass is 10.1. The first-order valence-electron chi connectivity index (χ1n) is 21.4. The van der Waals surface area contributed by atoms with Crippen molar-refractivity contribution in [1.82, 2.24) is 0 Å². The van der Waals surface area contributed by atoms with Crippen molar-refractivity contribution in [3.63, 3.8) is 0 Å². The molecule has 0 heterocycles. The van der Waals surface area contributed by atoms with Crippen molar-refractivity contribution in [1.29, 1.82) is 0 Å². The van der Waals surface area contributed by atoms with Gasteiger partial charge in [0, 0.05) is 0 Å². The van der Waals surface area contributed by atoms with Gasteiger partial charge in [0.1, 0.15) is 0 Å². The molecule has 0 rings (SSSR count). The minimum absolute atomic E-state index is 0. The van der Waals surface area contributed by atoms with Crippen molar-refractivity contribution >= 4 is 10.4 Å². The van der Waals surface area contributed by atoms with Gasteiger partial charge in [-0.05, 0) is 38.5 Å². The van der Waals surface area contributed by atoms with Crippen LogP contribution in [0.5, 0.6) is 0 Å². The van der Waals surface area contributed by atoms with E-state index in [0.29, 0.717) is 0 Å². The zero-order chi connectivity index (χ0) is 37.5. The molecule has 0 aliphatic carbocycles. The van der Waals surface area contributed by atoms with Gasteiger partial charge in [-0.1, -0.05) is 175 Å². The molecular formula is C42H93ClN2O4S. The lowest BCUT2D eigenvalue weighted by Crippen LogP contribution is -3.00. The van der Waals surface area contributed by atoms with Crippen LogP contribution in [0.15, 0.2) is 0 Å². The summed E-state index contributed by atoms with van der Waals surface area (Å²) in [5.74, 6) is 0. The van der Waals surface area contributed by atoms with Crippen LogP contribution in [0.3, 0.4) is 0 Å². The van der Waals surface area contributed by atoms with E-state index in [1.165, 1.54) is 217 Å². The second kappa shape index (κ2) is 41.8. The molecule has 0 amide bonds. The predicted octanol–water partition coefficient (Wildman–Crippen LogP) is 9.62. The summed E-state index contributed by atoms with van der Waals surface area (Å²) in [6.07, 6.45) is 43.4. The number of halogens is 1. The van der Waals surface area contributed by atoms with Crippen LogP contribution < -0.4 is 12.4 Å². The molecule has 308 valence electrons.